The Hall–Kier alpha value is -3.15. The van der Waals surface area contributed by atoms with Gasteiger partial charge >= 0.3 is 0 Å². The fourth-order valence-corrected chi connectivity index (χ4v) is 3.50. The maximum atomic E-state index is 12.0. The molecule has 6 nitrogen and oxygen atoms in total. The number of aryl methyl sites for hydroxylation is 2. The van der Waals surface area contributed by atoms with Crippen LogP contribution in [0.25, 0.3) is 33.2 Å². The van der Waals surface area contributed by atoms with Crippen molar-refractivity contribution in [2.75, 3.05) is 5.32 Å². The Bertz CT molecular complexity index is 1170. The lowest BCUT2D eigenvalue weighted by Gasteiger charge is -2.08. The van der Waals surface area contributed by atoms with Gasteiger partial charge in [0.15, 0.2) is 0 Å². The highest BCUT2D eigenvalue weighted by atomic mass is 16.2. The number of anilines is 1. The van der Waals surface area contributed by atoms with Crippen molar-refractivity contribution in [2.45, 2.75) is 19.8 Å². The largest absolute Gasteiger partial charge is 0.345 e. The summed E-state index contributed by atoms with van der Waals surface area (Å²) in [5.41, 5.74) is 6.46. The van der Waals surface area contributed by atoms with Crippen LogP contribution in [0.5, 0.6) is 0 Å². The third kappa shape index (κ3) is 2.37. The van der Waals surface area contributed by atoms with Crippen LogP contribution in [0.3, 0.4) is 0 Å². The molecular formula is C20H19N5O. The molecule has 0 aliphatic heterocycles. The number of rotatable bonds is 3. The minimum atomic E-state index is 0.0767. The summed E-state index contributed by atoms with van der Waals surface area (Å²) in [6.45, 7) is 2.10. The van der Waals surface area contributed by atoms with E-state index in [0.717, 1.165) is 46.0 Å². The lowest BCUT2D eigenvalue weighted by atomic mass is 10.0. The highest BCUT2D eigenvalue weighted by Gasteiger charge is 2.29. The lowest BCUT2D eigenvalue weighted by Crippen LogP contribution is -2.14. The number of amides is 1. The van der Waals surface area contributed by atoms with Crippen LogP contribution >= 0.6 is 0 Å². The molecule has 1 amide bonds. The number of benzene rings is 1. The Labute approximate surface area is 150 Å². The van der Waals surface area contributed by atoms with Gasteiger partial charge in [-0.05, 0) is 49.6 Å². The summed E-state index contributed by atoms with van der Waals surface area (Å²) in [5, 5.41) is 3.98. The van der Waals surface area contributed by atoms with Crippen molar-refractivity contribution in [1.82, 2.24) is 19.5 Å². The van der Waals surface area contributed by atoms with Crippen molar-refractivity contribution in [2.24, 2.45) is 13.0 Å². The Balaban J connectivity index is 1.59. The first kappa shape index (κ1) is 15.1. The molecule has 130 valence electrons. The van der Waals surface area contributed by atoms with Gasteiger partial charge in [0, 0.05) is 29.6 Å². The normalized spacial score (nSPS) is 14.2. The molecule has 4 aromatic rings. The number of imidazole rings is 1. The fourth-order valence-electron chi connectivity index (χ4n) is 3.50. The average Bonchev–Trinajstić information content (AvgIpc) is 3.30. The maximum Gasteiger partial charge on any atom is 0.228 e. The molecule has 3 aromatic heterocycles. The van der Waals surface area contributed by atoms with Gasteiger partial charge in [-0.15, -0.1) is 0 Å². The van der Waals surface area contributed by atoms with E-state index in [1.807, 2.05) is 19.3 Å². The molecule has 1 aliphatic carbocycles. The summed E-state index contributed by atoms with van der Waals surface area (Å²) in [6, 6.07) is 8.32. The predicted octanol–water partition coefficient (Wildman–Crippen LogP) is 3.77. The molecule has 1 fully saturated rings. The highest BCUT2D eigenvalue weighted by molar-refractivity contribution is 5.96. The van der Waals surface area contributed by atoms with Crippen LogP contribution in [-0.4, -0.2) is 25.4 Å². The van der Waals surface area contributed by atoms with Crippen LogP contribution in [-0.2, 0) is 11.8 Å². The van der Waals surface area contributed by atoms with Gasteiger partial charge in [0.05, 0.1) is 29.1 Å². The first-order valence-corrected chi connectivity index (χ1v) is 8.80. The second kappa shape index (κ2) is 5.42. The molecule has 6 heteroatoms. The van der Waals surface area contributed by atoms with Crippen molar-refractivity contribution in [3.63, 3.8) is 0 Å². The van der Waals surface area contributed by atoms with Crippen LogP contribution in [0.2, 0.25) is 0 Å². The smallest absolute Gasteiger partial charge is 0.228 e. The van der Waals surface area contributed by atoms with E-state index in [2.05, 4.69) is 50.0 Å². The molecule has 5 rings (SSSR count). The zero-order chi connectivity index (χ0) is 17.8. The van der Waals surface area contributed by atoms with Crippen molar-refractivity contribution in [3.8, 4) is 11.3 Å². The topological polar surface area (TPSA) is 75.6 Å². The van der Waals surface area contributed by atoms with E-state index in [9.17, 15) is 4.79 Å². The van der Waals surface area contributed by atoms with Gasteiger partial charge in [0.25, 0.3) is 0 Å². The summed E-state index contributed by atoms with van der Waals surface area (Å²) >= 11 is 0. The van der Waals surface area contributed by atoms with Crippen molar-refractivity contribution in [1.29, 1.82) is 0 Å². The van der Waals surface area contributed by atoms with Gasteiger partial charge < -0.3 is 14.9 Å². The number of hydrogen-bond donors (Lipinski definition) is 2. The molecule has 3 heterocycles. The van der Waals surface area contributed by atoms with Gasteiger partial charge in [-0.2, -0.15) is 0 Å². The zero-order valence-electron chi connectivity index (χ0n) is 14.7. The third-order valence-electron chi connectivity index (χ3n) is 5.17. The number of aromatic nitrogens is 4. The van der Waals surface area contributed by atoms with Crippen LogP contribution in [0, 0.1) is 12.8 Å². The molecule has 0 unspecified atom stereocenters. The van der Waals surface area contributed by atoms with Crippen molar-refractivity contribution >= 4 is 33.7 Å². The predicted molar refractivity (Wildman–Crippen MR) is 102 cm³/mol. The second-order valence-electron chi connectivity index (χ2n) is 7.07. The Morgan fingerprint density at radius 1 is 1.23 bits per heavy atom. The van der Waals surface area contributed by atoms with E-state index in [-0.39, 0.29) is 11.8 Å². The van der Waals surface area contributed by atoms with Crippen LogP contribution < -0.4 is 5.32 Å². The van der Waals surface area contributed by atoms with Gasteiger partial charge in [0.2, 0.25) is 5.91 Å². The number of H-pyrrole nitrogens is 1. The molecule has 0 atom stereocenters. The quantitative estimate of drug-likeness (QED) is 0.593. The zero-order valence-corrected chi connectivity index (χ0v) is 14.7. The van der Waals surface area contributed by atoms with Crippen LogP contribution in [0.15, 0.2) is 36.8 Å². The number of aromatic amines is 1. The molecule has 0 bridgehead atoms. The van der Waals surface area contributed by atoms with E-state index in [0.29, 0.717) is 5.82 Å². The molecule has 1 aromatic carbocycles. The van der Waals surface area contributed by atoms with Crippen molar-refractivity contribution < 1.29 is 4.79 Å². The van der Waals surface area contributed by atoms with E-state index in [4.69, 9.17) is 0 Å². The summed E-state index contributed by atoms with van der Waals surface area (Å²) in [4.78, 5) is 23.9. The molecule has 1 saturated carbocycles. The van der Waals surface area contributed by atoms with Crippen LogP contribution in [0.4, 0.5) is 5.82 Å². The monoisotopic (exact) mass is 345 g/mol. The van der Waals surface area contributed by atoms with E-state index < -0.39 is 0 Å². The first-order valence-electron chi connectivity index (χ1n) is 8.80. The summed E-state index contributed by atoms with van der Waals surface area (Å²) in [6.07, 6.45) is 5.51. The van der Waals surface area contributed by atoms with E-state index in [1.54, 1.807) is 6.33 Å². The number of carbonyl (C=O) groups is 1. The average molecular weight is 345 g/mol. The SMILES string of the molecule is Cc1cc2[nH]cnc2cc1-c1cc2cc(NC(=O)C3CC3)ncc2n1C. The summed E-state index contributed by atoms with van der Waals surface area (Å²) < 4.78 is 2.13. The van der Waals surface area contributed by atoms with Gasteiger partial charge in [-0.3, -0.25) is 4.79 Å². The standard InChI is InChI=1S/C20H19N5O/c1-11-5-15-16(23-10-22-15)8-14(11)17-6-13-7-19(21-9-18(13)25(17)2)24-20(26)12-3-4-12/h5-10,12H,3-4H2,1-2H3,(H,22,23)(H,21,24,26). The minimum Gasteiger partial charge on any atom is -0.345 e. The summed E-state index contributed by atoms with van der Waals surface area (Å²) in [7, 11) is 2.04. The van der Waals surface area contributed by atoms with Crippen LogP contribution in [0.1, 0.15) is 18.4 Å². The van der Waals surface area contributed by atoms with E-state index >= 15 is 0 Å². The Morgan fingerprint density at radius 3 is 2.88 bits per heavy atom. The number of carbonyl (C=O) groups excluding carboxylic acids is 1. The summed E-state index contributed by atoms with van der Waals surface area (Å²) in [5.74, 6) is 0.862. The van der Waals surface area contributed by atoms with Gasteiger partial charge in [-0.1, -0.05) is 0 Å². The highest BCUT2D eigenvalue weighted by Crippen LogP contribution is 2.33. The van der Waals surface area contributed by atoms with Crippen molar-refractivity contribution in [3.05, 3.63) is 42.4 Å². The number of hydrogen-bond acceptors (Lipinski definition) is 3. The first-order chi connectivity index (χ1) is 12.6. The number of nitrogens with one attached hydrogen (secondary N) is 2. The van der Waals surface area contributed by atoms with Gasteiger partial charge in [-0.25, -0.2) is 9.97 Å². The Morgan fingerprint density at radius 2 is 2.08 bits per heavy atom. The molecule has 26 heavy (non-hydrogen) atoms. The lowest BCUT2D eigenvalue weighted by molar-refractivity contribution is -0.117. The molecule has 0 saturated heterocycles. The fraction of sp³-hybridized carbons (Fsp3) is 0.250. The molecule has 1 aliphatic rings. The maximum absolute atomic E-state index is 12.0. The minimum absolute atomic E-state index is 0.0767. The molecule has 0 spiro atoms. The number of pyridine rings is 1. The third-order valence-corrected chi connectivity index (χ3v) is 5.17. The Kier molecular flexibility index (Phi) is 3.16. The molecule has 0 radical (unpaired) electrons. The van der Waals surface area contributed by atoms with Gasteiger partial charge in [0.1, 0.15) is 5.82 Å². The number of fused-ring (bicyclic) bond motifs is 2. The van der Waals surface area contributed by atoms with E-state index in [1.165, 1.54) is 5.56 Å². The number of nitrogens with zero attached hydrogens (tertiary/aromatic N) is 3. The molecule has 2 N–H and O–H groups in total. The second-order valence-corrected chi connectivity index (χ2v) is 7.07. The molecular weight excluding hydrogens is 326 g/mol.